The van der Waals surface area contributed by atoms with E-state index in [0.29, 0.717) is 18.3 Å². The van der Waals surface area contributed by atoms with E-state index in [2.05, 4.69) is 0 Å². The van der Waals surface area contributed by atoms with E-state index < -0.39 is 0 Å². The highest BCUT2D eigenvalue weighted by Gasteiger charge is 1.97. The molecule has 0 fully saturated rings. The van der Waals surface area contributed by atoms with Crippen LogP contribution in [0.1, 0.15) is 11.1 Å². The Labute approximate surface area is 77.5 Å². The summed E-state index contributed by atoms with van der Waals surface area (Å²) >= 11 is 0. The molecule has 0 amide bonds. The molecule has 0 aromatic heterocycles. The van der Waals surface area contributed by atoms with Crippen LogP contribution in [0.2, 0.25) is 0 Å². The highest BCUT2D eigenvalue weighted by atomic mass is 16.2. The van der Waals surface area contributed by atoms with Gasteiger partial charge in [0.05, 0.1) is 6.26 Å². The Morgan fingerprint density at radius 1 is 1.38 bits per heavy atom. The maximum atomic E-state index is 10.4. The molecule has 1 rings (SSSR count). The third-order valence-corrected chi connectivity index (χ3v) is 1.85. The van der Waals surface area contributed by atoms with Crippen molar-refractivity contribution in [3.8, 4) is 0 Å². The molecule has 0 heterocycles. The number of aldehydes is 1. The van der Waals surface area contributed by atoms with Crippen LogP contribution in [0.5, 0.6) is 0 Å². The normalized spacial score (nSPS) is 11.3. The molecule has 0 spiro atoms. The Morgan fingerprint density at radius 2 is 2.00 bits per heavy atom. The number of rotatable bonds is 3. The first-order valence-corrected chi connectivity index (χ1v) is 4.10. The van der Waals surface area contributed by atoms with E-state index in [1.807, 2.05) is 31.2 Å². The van der Waals surface area contributed by atoms with E-state index in [9.17, 15) is 4.79 Å². The first-order valence-electron chi connectivity index (χ1n) is 4.10. The lowest BCUT2D eigenvalue weighted by Crippen LogP contribution is -1.91. The minimum atomic E-state index is 0.392. The van der Waals surface area contributed by atoms with Gasteiger partial charge in [-0.1, -0.05) is 29.8 Å². The van der Waals surface area contributed by atoms with Crippen LogP contribution < -0.4 is 0 Å². The summed E-state index contributed by atoms with van der Waals surface area (Å²) in [5, 5.41) is 8.65. The van der Waals surface area contributed by atoms with Crippen LogP contribution in [0.15, 0.2) is 36.1 Å². The molecular weight excluding hydrogens is 164 g/mol. The SMILES string of the molecule is Cc1ccc(CC(C=O)=CO)cc1. The van der Waals surface area contributed by atoms with Crippen LogP contribution in [0.3, 0.4) is 0 Å². The quantitative estimate of drug-likeness (QED) is 0.435. The van der Waals surface area contributed by atoms with Gasteiger partial charge in [0, 0.05) is 12.0 Å². The highest BCUT2D eigenvalue weighted by molar-refractivity contribution is 5.73. The zero-order valence-electron chi connectivity index (χ0n) is 7.53. The molecule has 0 unspecified atom stereocenters. The predicted molar refractivity (Wildman–Crippen MR) is 51.7 cm³/mol. The van der Waals surface area contributed by atoms with E-state index in [1.165, 1.54) is 5.56 Å². The summed E-state index contributed by atoms with van der Waals surface area (Å²) in [6, 6.07) is 7.86. The van der Waals surface area contributed by atoms with E-state index in [-0.39, 0.29) is 0 Å². The average Bonchev–Trinajstić information content (AvgIpc) is 2.17. The van der Waals surface area contributed by atoms with Gasteiger partial charge in [-0.2, -0.15) is 0 Å². The summed E-state index contributed by atoms with van der Waals surface area (Å²) in [4.78, 5) is 10.4. The summed E-state index contributed by atoms with van der Waals surface area (Å²) in [5.74, 6) is 0. The predicted octanol–water partition coefficient (Wildman–Crippen LogP) is 2.18. The molecule has 0 saturated heterocycles. The van der Waals surface area contributed by atoms with Gasteiger partial charge in [-0.25, -0.2) is 0 Å². The Morgan fingerprint density at radius 3 is 2.46 bits per heavy atom. The topological polar surface area (TPSA) is 37.3 Å². The molecular formula is C11H12O2. The van der Waals surface area contributed by atoms with Crippen molar-refractivity contribution in [1.29, 1.82) is 0 Å². The largest absolute Gasteiger partial charge is 0.515 e. The van der Waals surface area contributed by atoms with Crippen LogP contribution in [0, 0.1) is 6.92 Å². The number of carbonyl (C=O) groups is 1. The van der Waals surface area contributed by atoms with Crippen molar-refractivity contribution >= 4 is 6.29 Å². The molecule has 0 bridgehead atoms. The molecule has 1 aromatic carbocycles. The van der Waals surface area contributed by atoms with Gasteiger partial charge in [0.15, 0.2) is 0 Å². The Balaban J connectivity index is 2.74. The molecule has 0 saturated carbocycles. The molecule has 1 aromatic rings. The van der Waals surface area contributed by atoms with Gasteiger partial charge < -0.3 is 5.11 Å². The fourth-order valence-electron chi connectivity index (χ4n) is 1.06. The van der Waals surface area contributed by atoms with E-state index in [0.717, 1.165) is 11.8 Å². The molecule has 2 heteroatoms. The third kappa shape index (κ3) is 2.75. The Hall–Kier alpha value is -1.57. The van der Waals surface area contributed by atoms with Gasteiger partial charge in [0.1, 0.15) is 6.29 Å². The molecule has 2 nitrogen and oxygen atoms in total. The molecule has 0 atom stereocenters. The third-order valence-electron chi connectivity index (χ3n) is 1.85. The van der Waals surface area contributed by atoms with Crippen molar-refractivity contribution in [2.75, 3.05) is 0 Å². The first kappa shape index (κ1) is 9.52. The lowest BCUT2D eigenvalue weighted by atomic mass is 10.1. The second-order valence-corrected chi connectivity index (χ2v) is 2.98. The molecule has 0 aliphatic heterocycles. The summed E-state index contributed by atoms with van der Waals surface area (Å²) in [5.41, 5.74) is 2.60. The summed E-state index contributed by atoms with van der Waals surface area (Å²) in [7, 11) is 0. The number of carbonyl (C=O) groups excluding carboxylic acids is 1. The monoisotopic (exact) mass is 176 g/mol. The lowest BCUT2D eigenvalue weighted by Gasteiger charge is -1.99. The van der Waals surface area contributed by atoms with Crippen LogP contribution in [-0.4, -0.2) is 11.4 Å². The van der Waals surface area contributed by atoms with Crippen molar-refractivity contribution < 1.29 is 9.90 Å². The number of benzene rings is 1. The molecule has 13 heavy (non-hydrogen) atoms. The number of aliphatic hydroxyl groups is 1. The van der Waals surface area contributed by atoms with E-state index >= 15 is 0 Å². The zero-order chi connectivity index (χ0) is 9.68. The van der Waals surface area contributed by atoms with Crippen LogP contribution in [-0.2, 0) is 11.2 Å². The fourth-order valence-corrected chi connectivity index (χ4v) is 1.06. The Kier molecular flexibility index (Phi) is 3.26. The van der Waals surface area contributed by atoms with Gasteiger partial charge in [-0.05, 0) is 12.5 Å². The minimum Gasteiger partial charge on any atom is -0.515 e. The summed E-state index contributed by atoms with van der Waals surface area (Å²) in [6.45, 7) is 2.01. The lowest BCUT2D eigenvalue weighted by molar-refractivity contribution is -0.105. The standard InChI is InChI=1S/C11H12O2/c1-9-2-4-10(5-3-9)6-11(7-12)8-13/h2-5,7-8,12H,6H2,1H3. The number of aryl methyl sites for hydroxylation is 1. The van der Waals surface area contributed by atoms with Gasteiger partial charge >= 0.3 is 0 Å². The summed E-state index contributed by atoms with van der Waals surface area (Å²) in [6.07, 6.45) is 2.01. The van der Waals surface area contributed by atoms with Crippen molar-refractivity contribution in [2.24, 2.45) is 0 Å². The fraction of sp³-hybridized carbons (Fsp3) is 0.182. The van der Waals surface area contributed by atoms with Crippen molar-refractivity contribution in [2.45, 2.75) is 13.3 Å². The maximum Gasteiger partial charge on any atom is 0.149 e. The van der Waals surface area contributed by atoms with Gasteiger partial charge in [0.25, 0.3) is 0 Å². The smallest absolute Gasteiger partial charge is 0.149 e. The second-order valence-electron chi connectivity index (χ2n) is 2.98. The minimum absolute atomic E-state index is 0.392. The van der Waals surface area contributed by atoms with E-state index in [4.69, 9.17) is 5.11 Å². The molecule has 0 radical (unpaired) electrons. The molecule has 0 aliphatic carbocycles. The summed E-state index contributed by atoms with van der Waals surface area (Å²) < 4.78 is 0. The Bertz CT molecular complexity index is 309. The van der Waals surface area contributed by atoms with Crippen LogP contribution in [0.25, 0.3) is 0 Å². The van der Waals surface area contributed by atoms with Gasteiger partial charge in [-0.3, -0.25) is 4.79 Å². The van der Waals surface area contributed by atoms with E-state index in [1.54, 1.807) is 0 Å². The number of hydrogen-bond donors (Lipinski definition) is 1. The van der Waals surface area contributed by atoms with Crippen LogP contribution >= 0.6 is 0 Å². The maximum absolute atomic E-state index is 10.4. The average molecular weight is 176 g/mol. The molecule has 68 valence electrons. The number of hydrogen-bond acceptors (Lipinski definition) is 2. The number of allylic oxidation sites excluding steroid dienone is 1. The first-order chi connectivity index (χ1) is 6.26. The molecule has 0 aliphatic rings. The molecule has 1 N–H and O–H groups in total. The number of aliphatic hydroxyl groups excluding tert-OH is 1. The zero-order valence-corrected chi connectivity index (χ0v) is 7.53. The van der Waals surface area contributed by atoms with Gasteiger partial charge in [0.2, 0.25) is 0 Å². The van der Waals surface area contributed by atoms with Crippen LogP contribution in [0.4, 0.5) is 0 Å². The van der Waals surface area contributed by atoms with Gasteiger partial charge in [-0.15, -0.1) is 0 Å². The van der Waals surface area contributed by atoms with Crippen molar-refractivity contribution in [3.63, 3.8) is 0 Å². The van der Waals surface area contributed by atoms with Crippen molar-refractivity contribution in [3.05, 3.63) is 47.2 Å². The van der Waals surface area contributed by atoms with Crippen molar-refractivity contribution in [1.82, 2.24) is 0 Å². The highest BCUT2D eigenvalue weighted by Crippen LogP contribution is 2.07. The second kappa shape index (κ2) is 4.45.